The molecule has 2 spiro atoms. The van der Waals surface area contributed by atoms with E-state index < -0.39 is 5.60 Å². The quantitative estimate of drug-likeness (QED) is 0.610. The summed E-state index contributed by atoms with van der Waals surface area (Å²) in [5.41, 5.74) is 6.13. The number of amides is 1. The summed E-state index contributed by atoms with van der Waals surface area (Å²) in [6, 6.07) is 0. The third-order valence-electron chi connectivity index (χ3n) is 4.67. The van der Waals surface area contributed by atoms with E-state index in [1.807, 2.05) is 25.7 Å². The van der Waals surface area contributed by atoms with Crippen molar-refractivity contribution in [1.29, 1.82) is 0 Å². The normalized spacial score (nSPS) is 32.8. The maximum atomic E-state index is 12.7. The first kappa shape index (κ1) is 15.3. The molecule has 5 nitrogen and oxygen atoms in total. The lowest BCUT2D eigenvalue weighted by Crippen LogP contribution is -2.47. The van der Waals surface area contributed by atoms with Crippen molar-refractivity contribution in [2.45, 2.75) is 74.5 Å². The van der Waals surface area contributed by atoms with Crippen molar-refractivity contribution in [2.75, 3.05) is 6.54 Å². The summed E-state index contributed by atoms with van der Waals surface area (Å²) in [6.07, 6.45) is 4.96. The fourth-order valence-corrected chi connectivity index (χ4v) is 3.72. The van der Waals surface area contributed by atoms with Gasteiger partial charge in [-0.05, 0) is 46.5 Å². The Morgan fingerprint density at radius 2 is 2.05 bits per heavy atom. The van der Waals surface area contributed by atoms with Crippen LogP contribution in [-0.2, 0) is 4.74 Å². The van der Waals surface area contributed by atoms with Gasteiger partial charge in [0.2, 0.25) is 0 Å². The molecule has 2 N–H and O–H groups in total. The Morgan fingerprint density at radius 1 is 1.43 bits per heavy atom. The number of nitrogens with zero attached hydrogens (tertiary/aromatic N) is 2. The summed E-state index contributed by atoms with van der Waals surface area (Å²) in [6.45, 7) is 6.21. The zero-order valence-electron chi connectivity index (χ0n) is 13.0. The van der Waals surface area contributed by atoms with Gasteiger partial charge in [0.25, 0.3) is 0 Å². The minimum atomic E-state index is -0.460. The fourth-order valence-electron chi connectivity index (χ4n) is 3.47. The number of halogens is 1. The van der Waals surface area contributed by atoms with Gasteiger partial charge in [-0.3, -0.25) is 9.89 Å². The number of ether oxygens (including phenoxy) is 1. The molecular formula is C15H24BrN3O2. The van der Waals surface area contributed by atoms with Crippen LogP contribution in [0.25, 0.3) is 0 Å². The molecule has 1 saturated heterocycles. The van der Waals surface area contributed by atoms with Crippen LogP contribution in [0.5, 0.6) is 0 Å². The molecule has 1 heterocycles. The van der Waals surface area contributed by atoms with Crippen molar-refractivity contribution in [3.8, 4) is 0 Å². The first-order valence-corrected chi connectivity index (χ1v) is 8.59. The first-order valence-electron chi connectivity index (χ1n) is 7.67. The summed E-state index contributed by atoms with van der Waals surface area (Å²) in [4.78, 5) is 19.3. The Kier molecular flexibility index (Phi) is 3.41. The lowest BCUT2D eigenvalue weighted by Gasteiger charge is -2.32. The van der Waals surface area contributed by atoms with Gasteiger partial charge in [-0.1, -0.05) is 15.9 Å². The molecule has 1 aliphatic heterocycles. The number of carbonyl (C=O) groups excluding carboxylic acids is 1. The molecule has 6 heteroatoms. The van der Waals surface area contributed by atoms with Gasteiger partial charge in [-0.25, -0.2) is 4.79 Å². The lowest BCUT2D eigenvalue weighted by molar-refractivity contribution is 0.0115. The number of hydrogen-bond acceptors (Lipinski definition) is 4. The van der Waals surface area contributed by atoms with Crippen LogP contribution in [0.1, 0.15) is 52.9 Å². The van der Waals surface area contributed by atoms with Gasteiger partial charge in [0.15, 0.2) is 0 Å². The van der Waals surface area contributed by atoms with E-state index in [0.717, 1.165) is 37.8 Å². The van der Waals surface area contributed by atoms with Crippen LogP contribution in [0, 0.1) is 0 Å². The van der Waals surface area contributed by atoms with Crippen LogP contribution in [0.4, 0.5) is 4.79 Å². The predicted octanol–water partition coefficient (Wildman–Crippen LogP) is 2.81. The second-order valence-corrected chi connectivity index (χ2v) is 8.55. The Bertz CT molecular complexity index is 496. The zero-order chi connectivity index (χ0) is 15.5. The molecule has 118 valence electrons. The SMILES string of the molecule is CC(C)(C)OC(=O)N1C2(CC2)CCC12CC2=NC(Br)CN. The molecule has 2 aliphatic carbocycles. The number of alkyl halides is 1. The van der Waals surface area contributed by atoms with Gasteiger partial charge in [0.1, 0.15) is 10.6 Å². The second-order valence-electron chi connectivity index (χ2n) is 7.49. The number of hydrogen-bond donors (Lipinski definition) is 1. The van der Waals surface area contributed by atoms with Crippen molar-refractivity contribution in [1.82, 2.24) is 4.90 Å². The maximum absolute atomic E-state index is 12.7. The minimum absolute atomic E-state index is 0.0458. The van der Waals surface area contributed by atoms with Crippen molar-refractivity contribution in [3.63, 3.8) is 0 Å². The predicted molar refractivity (Wildman–Crippen MR) is 85.8 cm³/mol. The number of nitrogens with two attached hydrogens (primary N) is 1. The standard InChI is InChI=1S/C15H24BrN3O2/c1-13(2,3)21-12(20)19-14(4-5-14)6-7-15(19)8-10(15)18-11(16)9-17/h11H,4-9,17H2,1-3H3. The topological polar surface area (TPSA) is 67.9 Å². The van der Waals surface area contributed by atoms with Crippen molar-refractivity contribution >= 4 is 27.7 Å². The highest BCUT2D eigenvalue weighted by atomic mass is 79.9. The van der Waals surface area contributed by atoms with E-state index in [1.54, 1.807) is 0 Å². The first-order chi connectivity index (χ1) is 9.72. The van der Waals surface area contributed by atoms with E-state index >= 15 is 0 Å². The van der Waals surface area contributed by atoms with Crippen LogP contribution in [0.2, 0.25) is 0 Å². The molecule has 0 radical (unpaired) electrons. The molecule has 21 heavy (non-hydrogen) atoms. The van der Waals surface area contributed by atoms with E-state index in [9.17, 15) is 4.79 Å². The Balaban J connectivity index is 1.82. The van der Waals surface area contributed by atoms with E-state index in [0.29, 0.717) is 6.54 Å². The lowest BCUT2D eigenvalue weighted by atomic mass is 10.1. The molecule has 0 aromatic carbocycles. The van der Waals surface area contributed by atoms with Gasteiger partial charge < -0.3 is 10.5 Å². The smallest absolute Gasteiger partial charge is 0.411 e. The van der Waals surface area contributed by atoms with Gasteiger partial charge in [0.05, 0.1) is 5.54 Å². The molecule has 1 amide bonds. The van der Waals surface area contributed by atoms with Gasteiger partial charge in [0, 0.05) is 24.2 Å². The summed E-state index contributed by atoms with van der Waals surface area (Å²) in [7, 11) is 0. The minimum Gasteiger partial charge on any atom is -0.444 e. The largest absolute Gasteiger partial charge is 0.444 e. The highest BCUT2D eigenvalue weighted by Gasteiger charge is 2.71. The maximum Gasteiger partial charge on any atom is 0.411 e. The molecule has 0 aromatic rings. The summed E-state index contributed by atoms with van der Waals surface area (Å²) in [5.74, 6) is 0. The highest BCUT2D eigenvalue weighted by Crippen LogP contribution is 2.62. The van der Waals surface area contributed by atoms with Crippen molar-refractivity contribution in [2.24, 2.45) is 10.7 Å². The molecule has 2 saturated carbocycles. The van der Waals surface area contributed by atoms with E-state index in [1.165, 1.54) is 0 Å². The number of carbonyl (C=O) groups is 1. The van der Waals surface area contributed by atoms with Gasteiger partial charge in [-0.15, -0.1) is 0 Å². The summed E-state index contributed by atoms with van der Waals surface area (Å²) >= 11 is 3.45. The van der Waals surface area contributed by atoms with Crippen LogP contribution in [-0.4, -0.2) is 44.9 Å². The van der Waals surface area contributed by atoms with E-state index in [-0.39, 0.29) is 22.1 Å². The third kappa shape index (κ3) is 2.61. The van der Waals surface area contributed by atoms with Crippen LogP contribution < -0.4 is 5.73 Å². The molecule has 3 fully saturated rings. The molecule has 2 atom stereocenters. The van der Waals surface area contributed by atoms with Crippen LogP contribution >= 0.6 is 15.9 Å². The molecule has 0 aromatic heterocycles. The Labute approximate surface area is 134 Å². The third-order valence-corrected chi connectivity index (χ3v) is 5.25. The number of aliphatic imine (C=N–C) groups is 1. The highest BCUT2D eigenvalue weighted by molar-refractivity contribution is 9.09. The number of rotatable bonds is 2. The van der Waals surface area contributed by atoms with Gasteiger partial charge in [-0.2, -0.15) is 0 Å². The second kappa shape index (κ2) is 4.69. The number of likely N-dealkylation sites (tertiary alicyclic amines) is 1. The van der Waals surface area contributed by atoms with Crippen LogP contribution in [0.15, 0.2) is 4.99 Å². The average molecular weight is 358 g/mol. The molecule has 2 unspecified atom stereocenters. The van der Waals surface area contributed by atoms with Crippen LogP contribution in [0.3, 0.4) is 0 Å². The van der Waals surface area contributed by atoms with Gasteiger partial charge >= 0.3 is 6.09 Å². The monoisotopic (exact) mass is 357 g/mol. The molecular weight excluding hydrogens is 334 g/mol. The van der Waals surface area contributed by atoms with Crippen molar-refractivity contribution < 1.29 is 9.53 Å². The average Bonchev–Trinajstić information content (AvgIpc) is 3.20. The molecule has 3 rings (SSSR count). The Morgan fingerprint density at radius 3 is 2.57 bits per heavy atom. The Hall–Kier alpha value is -0.620. The zero-order valence-corrected chi connectivity index (χ0v) is 14.6. The fraction of sp³-hybridized carbons (Fsp3) is 0.867. The molecule has 3 aliphatic rings. The van der Waals surface area contributed by atoms with E-state index in [2.05, 4.69) is 20.9 Å². The summed E-state index contributed by atoms with van der Waals surface area (Å²) in [5, 5.41) is 0. The van der Waals surface area contributed by atoms with E-state index in [4.69, 9.17) is 10.5 Å². The van der Waals surface area contributed by atoms with Crippen molar-refractivity contribution in [3.05, 3.63) is 0 Å². The molecule has 0 bridgehead atoms. The summed E-state index contributed by atoms with van der Waals surface area (Å²) < 4.78 is 5.65.